The molecule has 1 amide bonds. The van der Waals surface area contributed by atoms with Crippen molar-refractivity contribution in [2.24, 2.45) is 0 Å². The molecule has 0 saturated carbocycles. The summed E-state index contributed by atoms with van der Waals surface area (Å²) in [5.41, 5.74) is 0.321. The molecular weight excluding hydrogens is 244 g/mol. The van der Waals surface area contributed by atoms with Crippen LogP contribution in [-0.4, -0.2) is 35.1 Å². The third-order valence-corrected chi connectivity index (χ3v) is 2.62. The molecule has 2 aromatic heterocycles. The number of carbonyl (C=O) groups excluding carboxylic acids is 1. The van der Waals surface area contributed by atoms with Gasteiger partial charge in [0.05, 0.1) is 12.3 Å². The summed E-state index contributed by atoms with van der Waals surface area (Å²) in [7, 11) is 3.35. The first-order valence-electron chi connectivity index (χ1n) is 5.93. The minimum Gasteiger partial charge on any atom is -0.467 e. The number of hydrogen-bond acceptors (Lipinski definition) is 5. The average molecular weight is 260 g/mol. The van der Waals surface area contributed by atoms with Gasteiger partial charge in [-0.05, 0) is 31.2 Å². The highest BCUT2D eigenvalue weighted by Crippen LogP contribution is 2.17. The molecule has 6 heteroatoms. The van der Waals surface area contributed by atoms with E-state index >= 15 is 0 Å². The number of aromatic nitrogens is 2. The van der Waals surface area contributed by atoms with E-state index in [1.54, 1.807) is 32.5 Å². The predicted molar refractivity (Wildman–Crippen MR) is 70.8 cm³/mol. The van der Waals surface area contributed by atoms with E-state index < -0.39 is 0 Å². The Hall–Kier alpha value is -2.37. The second-order valence-corrected chi connectivity index (χ2v) is 4.38. The number of furan rings is 1. The van der Waals surface area contributed by atoms with Gasteiger partial charge in [-0.1, -0.05) is 0 Å². The van der Waals surface area contributed by atoms with Crippen molar-refractivity contribution in [2.45, 2.75) is 13.0 Å². The van der Waals surface area contributed by atoms with Crippen LogP contribution in [0.3, 0.4) is 0 Å². The lowest BCUT2D eigenvalue weighted by atomic mass is 10.2. The zero-order valence-electron chi connectivity index (χ0n) is 11.1. The number of rotatable bonds is 4. The molecule has 0 saturated heterocycles. The maximum absolute atomic E-state index is 11.7. The molecule has 1 N–H and O–H groups in total. The van der Waals surface area contributed by atoms with Crippen LogP contribution in [0.5, 0.6) is 0 Å². The van der Waals surface area contributed by atoms with Gasteiger partial charge < -0.3 is 14.6 Å². The number of anilines is 1. The largest absolute Gasteiger partial charge is 0.467 e. The van der Waals surface area contributed by atoms with Crippen LogP contribution in [0.1, 0.15) is 29.2 Å². The fourth-order valence-corrected chi connectivity index (χ4v) is 1.58. The summed E-state index contributed by atoms with van der Waals surface area (Å²) in [4.78, 5) is 13.1. The normalized spacial score (nSPS) is 11.9. The van der Waals surface area contributed by atoms with E-state index in [0.717, 1.165) is 5.76 Å². The molecule has 0 aliphatic heterocycles. The Kier molecular flexibility index (Phi) is 3.79. The molecule has 100 valence electrons. The Labute approximate surface area is 111 Å². The maximum Gasteiger partial charge on any atom is 0.273 e. The van der Waals surface area contributed by atoms with E-state index in [2.05, 4.69) is 15.5 Å². The first-order valence-corrected chi connectivity index (χ1v) is 5.93. The van der Waals surface area contributed by atoms with Crippen LogP contribution in [0.25, 0.3) is 0 Å². The Bertz CT molecular complexity index is 534. The zero-order chi connectivity index (χ0) is 13.8. The van der Waals surface area contributed by atoms with Gasteiger partial charge >= 0.3 is 0 Å². The molecule has 0 aliphatic carbocycles. The highest BCUT2D eigenvalue weighted by Gasteiger charge is 2.12. The molecule has 0 radical (unpaired) electrons. The van der Waals surface area contributed by atoms with Gasteiger partial charge in [0.1, 0.15) is 11.6 Å². The van der Waals surface area contributed by atoms with Gasteiger partial charge in [0, 0.05) is 14.1 Å². The molecule has 0 bridgehead atoms. The predicted octanol–water partition coefficient (Wildman–Crippen LogP) is 1.94. The molecule has 6 nitrogen and oxygen atoms in total. The van der Waals surface area contributed by atoms with E-state index in [0.29, 0.717) is 11.5 Å². The number of carbonyl (C=O) groups is 1. The van der Waals surface area contributed by atoms with Crippen LogP contribution < -0.4 is 5.32 Å². The van der Waals surface area contributed by atoms with Gasteiger partial charge in [-0.3, -0.25) is 4.79 Å². The van der Waals surface area contributed by atoms with Gasteiger partial charge in [0.15, 0.2) is 5.69 Å². The molecule has 2 heterocycles. The topological polar surface area (TPSA) is 71.3 Å². The monoisotopic (exact) mass is 260 g/mol. The van der Waals surface area contributed by atoms with E-state index in [1.807, 2.05) is 19.1 Å². The summed E-state index contributed by atoms with van der Waals surface area (Å²) in [6.45, 7) is 1.96. The summed E-state index contributed by atoms with van der Waals surface area (Å²) < 4.78 is 5.29. The molecule has 0 aliphatic rings. The fourth-order valence-electron chi connectivity index (χ4n) is 1.58. The number of nitrogens with one attached hydrogen (secondary N) is 1. The van der Waals surface area contributed by atoms with Gasteiger partial charge in [0.25, 0.3) is 5.91 Å². The third kappa shape index (κ3) is 3.09. The van der Waals surface area contributed by atoms with Crippen molar-refractivity contribution < 1.29 is 9.21 Å². The van der Waals surface area contributed by atoms with E-state index in [4.69, 9.17) is 4.42 Å². The van der Waals surface area contributed by atoms with Crippen molar-refractivity contribution >= 4 is 11.7 Å². The van der Waals surface area contributed by atoms with Crippen molar-refractivity contribution in [1.82, 2.24) is 15.1 Å². The van der Waals surface area contributed by atoms with Crippen molar-refractivity contribution in [3.8, 4) is 0 Å². The maximum atomic E-state index is 11.7. The van der Waals surface area contributed by atoms with Gasteiger partial charge in [0.2, 0.25) is 0 Å². The lowest BCUT2D eigenvalue weighted by molar-refractivity contribution is 0.0821. The molecule has 0 fully saturated rings. The summed E-state index contributed by atoms with van der Waals surface area (Å²) in [6, 6.07) is 7.07. The molecule has 0 aromatic carbocycles. The smallest absolute Gasteiger partial charge is 0.273 e. The van der Waals surface area contributed by atoms with Crippen LogP contribution in [-0.2, 0) is 0 Å². The molecular formula is C13H16N4O2. The number of amides is 1. The fraction of sp³-hybridized carbons (Fsp3) is 0.308. The Morgan fingerprint density at radius 1 is 1.32 bits per heavy atom. The van der Waals surface area contributed by atoms with Crippen molar-refractivity contribution in [3.05, 3.63) is 42.0 Å². The van der Waals surface area contributed by atoms with Crippen molar-refractivity contribution in [2.75, 3.05) is 19.4 Å². The third-order valence-electron chi connectivity index (χ3n) is 2.62. The highest BCUT2D eigenvalue weighted by molar-refractivity contribution is 5.91. The first kappa shape index (κ1) is 13.1. The van der Waals surface area contributed by atoms with Crippen molar-refractivity contribution in [3.63, 3.8) is 0 Å². The Morgan fingerprint density at radius 2 is 2.11 bits per heavy atom. The molecule has 1 atom stereocenters. The minimum absolute atomic E-state index is 0.0142. The molecule has 2 aromatic rings. The summed E-state index contributed by atoms with van der Waals surface area (Å²) in [5, 5.41) is 11.0. The van der Waals surface area contributed by atoms with Gasteiger partial charge in [-0.25, -0.2) is 0 Å². The zero-order valence-corrected chi connectivity index (χ0v) is 11.1. The average Bonchev–Trinajstić information content (AvgIpc) is 2.92. The van der Waals surface area contributed by atoms with E-state index in [1.165, 1.54) is 4.90 Å². The highest BCUT2D eigenvalue weighted by atomic mass is 16.3. The Balaban J connectivity index is 2.05. The lowest BCUT2D eigenvalue weighted by Crippen LogP contribution is -2.23. The molecule has 0 spiro atoms. The van der Waals surface area contributed by atoms with Crippen LogP contribution in [0.15, 0.2) is 34.9 Å². The van der Waals surface area contributed by atoms with E-state index in [-0.39, 0.29) is 11.9 Å². The summed E-state index contributed by atoms with van der Waals surface area (Å²) >= 11 is 0. The summed E-state index contributed by atoms with van der Waals surface area (Å²) in [5.74, 6) is 1.24. The van der Waals surface area contributed by atoms with Crippen LogP contribution in [0.2, 0.25) is 0 Å². The van der Waals surface area contributed by atoms with Crippen LogP contribution >= 0.6 is 0 Å². The second kappa shape index (κ2) is 5.51. The first-order chi connectivity index (χ1) is 9.08. The molecule has 2 rings (SSSR count). The van der Waals surface area contributed by atoms with Gasteiger partial charge in [-0.2, -0.15) is 0 Å². The van der Waals surface area contributed by atoms with E-state index in [9.17, 15) is 4.79 Å². The van der Waals surface area contributed by atoms with Crippen LogP contribution in [0.4, 0.5) is 5.82 Å². The number of hydrogen-bond donors (Lipinski definition) is 1. The summed E-state index contributed by atoms with van der Waals surface area (Å²) in [6.07, 6.45) is 1.62. The lowest BCUT2D eigenvalue weighted by Gasteiger charge is -2.12. The SMILES string of the molecule is CC(Nc1ccc(C(=O)N(C)C)nn1)c1ccco1. The molecule has 19 heavy (non-hydrogen) atoms. The van der Waals surface area contributed by atoms with Crippen molar-refractivity contribution in [1.29, 1.82) is 0 Å². The van der Waals surface area contributed by atoms with Crippen LogP contribution in [0, 0.1) is 0 Å². The standard InChI is InChI=1S/C13H16N4O2/c1-9(11-5-4-8-19-11)14-12-7-6-10(15-16-12)13(18)17(2)3/h4-9H,1-3H3,(H,14,16). The number of nitrogens with zero attached hydrogens (tertiary/aromatic N) is 3. The quantitative estimate of drug-likeness (QED) is 0.909. The molecule has 1 unspecified atom stereocenters. The Morgan fingerprint density at radius 3 is 2.63 bits per heavy atom. The van der Waals surface area contributed by atoms with Gasteiger partial charge in [-0.15, -0.1) is 10.2 Å². The minimum atomic E-state index is -0.168. The second-order valence-electron chi connectivity index (χ2n) is 4.38.